The Morgan fingerprint density at radius 1 is 1.09 bits per heavy atom. The monoisotopic (exact) mass is 290 g/mol. The number of amidine groups is 1. The minimum Gasteiger partial charge on any atom is -0.323 e. The van der Waals surface area contributed by atoms with Crippen LogP contribution in [0.1, 0.15) is 23.0 Å². The van der Waals surface area contributed by atoms with Gasteiger partial charge in [-0.2, -0.15) is 0 Å². The van der Waals surface area contributed by atoms with Crippen molar-refractivity contribution in [3.05, 3.63) is 66.0 Å². The quantitative estimate of drug-likeness (QED) is 0.749. The van der Waals surface area contributed by atoms with Crippen LogP contribution >= 0.6 is 0 Å². The van der Waals surface area contributed by atoms with Crippen molar-refractivity contribution < 1.29 is 4.79 Å². The van der Waals surface area contributed by atoms with Gasteiger partial charge in [0.05, 0.1) is 0 Å². The molecule has 0 amide bonds. The minimum absolute atomic E-state index is 0.0351. The van der Waals surface area contributed by atoms with Crippen molar-refractivity contribution in [2.45, 2.75) is 13.0 Å². The maximum absolute atomic E-state index is 12.7. The fourth-order valence-electron chi connectivity index (χ4n) is 2.66. The van der Waals surface area contributed by atoms with Gasteiger partial charge in [0.1, 0.15) is 23.2 Å². The number of fused-ring (bicyclic) bond motifs is 3. The maximum atomic E-state index is 12.7. The van der Waals surface area contributed by atoms with Crippen molar-refractivity contribution in [2.24, 2.45) is 4.99 Å². The van der Waals surface area contributed by atoms with E-state index in [9.17, 15) is 4.79 Å². The number of ketones is 1. The number of benzene rings is 1. The Morgan fingerprint density at radius 2 is 1.86 bits per heavy atom. The fraction of sp³-hybridized carbons (Fsp3) is 0.118. The van der Waals surface area contributed by atoms with Gasteiger partial charge in [0.2, 0.25) is 5.78 Å². The van der Waals surface area contributed by atoms with Gasteiger partial charge in [-0.15, -0.1) is 0 Å². The normalized spacial score (nSPS) is 17.6. The Hall–Kier alpha value is -2.95. The fourth-order valence-corrected chi connectivity index (χ4v) is 2.66. The molecule has 0 radical (unpaired) electrons. The first-order chi connectivity index (χ1) is 10.7. The predicted molar refractivity (Wildman–Crippen MR) is 85.6 cm³/mol. The van der Waals surface area contributed by atoms with Crippen molar-refractivity contribution in [1.29, 1.82) is 0 Å². The van der Waals surface area contributed by atoms with Crippen LogP contribution in [-0.4, -0.2) is 27.0 Å². The van der Waals surface area contributed by atoms with Crippen LogP contribution in [0.25, 0.3) is 5.65 Å². The van der Waals surface area contributed by atoms with E-state index in [2.05, 4.69) is 15.3 Å². The Balaban J connectivity index is 1.91. The van der Waals surface area contributed by atoms with Gasteiger partial charge in [0.25, 0.3) is 0 Å². The van der Waals surface area contributed by atoms with E-state index >= 15 is 0 Å². The van der Waals surface area contributed by atoms with E-state index in [0.29, 0.717) is 17.3 Å². The van der Waals surface area contributed by atoms with Gasteiger partial charge < -0.3 is 5.32 Å². The van der Waals surface area contributed by atoms with Crippen molar-refractivity contribution >= 4 is 23.1 Å². The van der Waals surface area contributed by atoms with Crippen LogP contribution in [0.2, 0.25) is 0 Å². The van der Waals surface area contributed by atoms with Crippen molar-refractivity contribution in [3.63, 3.8) is 0 Å². The summed E-state index contributed by atoms with van der Waals surface area (Å²) in [4.78, 5) is 21.7. The molecule has 0 bridgehead atoms. The molecule has 1 aromatic carbocycles. The molecular weight excluding hydrogens is 276 g/mol. The van der Waals surface area contributed by atoms with Gasteiger partial charge in [0, 0.05) is 11.8 Å². The lowest BCUT2D eigenvalue weighted by atomic mass is 10.1. The van der Waals surface area contributed by atoms with Gasteiger partial charge in [-0.05, 0) is 19.1 Å². The minimum atomic E-state index is -0.455. The molecule has 4 rings (SSSR count). The van der Waals surface area contributed by atoms with E-state index in [1.807, 2.05) is 66.1 Å². The molecule has 5 nitrogen and oxygen atoms in total. The Labute approximate surface area is 127 Å². The van der Waals surface area contributed by atoms with Crippen LogP contribution in [0, 0.1) is 0 Å². The second kappa shape index (κ2) is 4.80. The summed E-state index contributed by atoms with van der Waals surface area (Å²) in [6.45, 7) is 1.81. The lowest BCUT2D eigenvalue weighted by molar-refractivity contribution is 0.0965. The number of aliphatic imine (C=N–C) groups is 1. The number of hydrogen-bond donors (Lipinski definition) is 1. The highest BCUT2D eigenvalue weighted by atomic mass is 16.1. The summed E-state index contributed by atoms with van der Waals surface area (Å²) in [6, 6.07) is 15.0. The van der Waals surface area contributed by atoms with Gasteiger partial charge in [-0.1, -0.05) is 36.4 Å². The standard InChI is InChI=1S/C17H14N4O/c1-11-15(22)14-17(19-13-9-5-6-10-21(13)14)20-16(18-11)12-7-3-2-4-8-12/h2-11H,1H3,(H,18,20)/t11-/m0/s1. The van der Waals surface area contributed by atoms with Crippen LogP contribution in [-0.2, 0) is 0 Å². The molecule has 3 heterocycles. The molecule has 0 saturated heterocycles. The van der Waals surface area contributed by atoms with Crippen LogP contribution in [0.4, 0.5) is 5.82 Å². The number of imidazole rings is 1. The zero-order valence-electron chi connectivity index (χ0n) is 12.0. The third-order valence-electron chi connectivity index (χ3n) is 3.75. The van der Waals surface area contributed by atoms with E-state index in [1.165, 1.54) is 0 Å². The summed E-state index contributed by atoms with van der Waals surface area (Å²) in [5, 5.41) is 3.22. The first-order valence-electron chi connectivity index (χ1n) is 7.15. The van der Waals surface area contributed by atoms with Crippen molar-refractivity contribution in [3.8, 4) is 0 Å². The van der Waals surface area contributed by atoms with E-state index in [0.717, 1.165) is 11.2 Å². The molecule has 22 heavy (non-hydrogen) atoms. The van der Waals surface area contributed by atoms with Crippen LogP contribution in [0.3, 0.4) is 0 Å². The number of aromatic nitrogens is 2. The second-order valence-electron chi connectivity index (χ2n) is 5.25. The summed E-state index contributed by atoms with van der Waals surface area (Å²) >= 11 is 0. The van der Waals surface area contributed by atoms with E-state index in [4.69, 9.17) is 0 Å². The predicted octanol–water partition coefficient (Wildman–Crippen LogP) is 2.78. The van der Waals surface area contributed by atoms with E-state index < -0.39 is 6.04 Å². The largest absolute Gasteiger partial charge is 0.323 e. The number of Topliss-reactive ketones (excluding diaryl/α,β-unsaturated/α-hetero) is 1. The molecule has 2 aromatic heterocycles. The summed E-state index contributed by atoms with van der Waals surface area (Å²) in [5.74, 6) is 1.19. The average Bonchev–Trinajstić information content (AvgIpc) is 2.86. The number of hydrogen-bond acceptors (Lipinski definition) is 4. The SMILES string of the molecule is C[C@@H]1N=C(c2ccccc2)Nc2nc3ccccn3c2C1=O. The summed E-state index contributed by atoms with van der Waals surface area (Å²) in [6.07, 6.45) is 1.85. The van der Waals surface area contributed by atoms with Gasteiger partial charge in [-0.3, -0.25) is 14.2 Å². The molecule has 0 unspecified atom stereocenters. The van der Waals surface area contributed by atoms with Crippen molar-refractivity contribution in [1.82, 2.24) is 9.38 Å². The molecule has 0 saturated carbocycles. The van der Waals surface area contributed by atoms with Gasteiger partial charge in [0.15, 0.2) is 5.82 Å². The van der Waals surface area contributed by atoms with Crippen LogP contribution in [0.5, 0.6) is 0 Å². The zero-order chi connectivity index (χ0) is 15.1. The number of rotatable bonds is 1. The maximum Gasteiger partial charge on any atom is 0.207 e. The molecule has 1 atom stereocenters. The Kier molecular flexibility index (Phi) is 2.79. The molecule has 0 spiro atoms. The lowest BCUT2D eigenvalue weighted by Crippen LogP contribution is -2.17. The molecule has 5 heteroatoms. The number of nitrogens with zero attached hydrogens (tertiary/aromatic N) is 3. The molecule has 3 aromatic rings. The highest BCUT2D eigenvalue weighted by molar-refractivity contribution is 6.15. The molecule has 108 valence electrons. The van der Waals surface area contributed by atoms with Gasteiger partial charge >= 0.3 is 0 Å². The van der Waals surface area contributed by atoms with E-state index in [1.54, 1.807) is 0 Å². The first-order valence-corrected chi connectivity index (χ1v) is 7.15. The number of nitrogens with one attached hydrogen (secondary N) is 1. The Bertz CT molecular complexity index is 895. The number of anilines is 1. The number of carbonyl (C=O) groups is 1. The lowest BCUT2D eigenvalue weighted by Gasteiger charge is -2.07. The van der Waals surface area contributed by atoms with Crippen LogP contribution < -0.4 is 5.32 Å². The third kappa shape index (κ3) is 1.90. The number of pyridine rings is 1. The topological polar surface area (TPSA) is 58.8 Å². The van der Waals surface area contributed by atoms with E-state index in [-0.39, 0.29) is 5.78 Å². The second-order valence-corrected chi connectivity index (χ2v) is 5.25. The van der Waals surface area contributed by atoms with Crippen LogP contribution in [0.15, 0.2) is 59.7 Å². The van der Waals surface area contributed by atoms with Crippen molar-refractivity contribution in [2.75, 3.05) is 5.32 Å². The first kappa shape index (κ1) is 12.8. The highest BCUT2D eigenvalue weighted by Crippen LogP contribution is 2.24. The molecule has 1 N–H and O–H groups in total. The summed E-state index contributed by atoms with van der Waals surface area (Å²) in [5.41, 5.74) is 2.24. The molecule has 0 fully saturated rings. The Morgan fingerprint density at radius 3 is 2.68 bits per heavy atom. The molecule has 0 aliphatic carbocycles. The summed E-state index contributed by atoms with van der Waals surface area (Å²) < 4.78 is 1.81. The van der Waals surface area contributed by atoms with Gasteiger partial charge in [-0.25, -0.2) is 4.98 Å². The smallest absolute Gasteiger partial charge is 0.207 e. The third-order valence-corrected chi connectivity index (χ3v) is 3.75. The zero-order valence-corrected chi connectivity index (χ0v) is 12.0. The average molecular weight is 290 g/mol. The molecule has 1 aliphatic rings. The highest BCUT2D eigenvalue weighted by Gasteiger charge is 2.28. The summed E-state index contributed by atoms with van der Waals surface area (Å²) in [7, 11) is 0. The molecular formula is C17H14N4O. The number of carbonyl (C=O) groups excluding carboxylic acids is 1. The molecule has 1 aliphatic heterocycles.